The van der Waals surface area contributed by atoms with Crippen molar-refractivity contribution in [2.75, 3.05) is 40.3 Å². The first kappa shape index (κ1) is 30.1. The number of carbonyl (C=O) groups excluding carboxylic acids is 1. The number of hydrogen-bond donors (Lipinski definition) is 2. The summed E-state index contributed by atoms with van der Waals surface area (Å²) in [7, 11) is 3.95. The summed E-state index contributed by atoms with van der Waals surface area (Å²) in [6, 6.07) is 18.7. The third-order valence-electron chi connectivity index (χ3n) is 6.89. The van der Waals surface area contributed by atoms with Gasteiger partial charge >= 0.3 is 0 Å². The number of amides is 1. The van der Waals surface area contributed by atoms with Gasteiger partial charge in [-0.3, -0.25) is 4.79 Å². The summed E-state index contributed by atoms with van der Waals surface area (Å²) in [5.74, 6) is 1.54. The molecule has 1 heterocycles. The average Bonchev–Trinajstić information content (AvgIpc) is 3.04. The van der Waals surface area contributed by atoms with Gasteiger partial charge in [-0.25, -0.2) is 4.99 Å². The van der Waals surface area contributed by atoms with Gasteiger partial charge < -0.3 is 25.2 Å². The van der Waals surface area contributed by atoms with Crippen LogP contribution in [0.25, 0.3) is 0 Å². The van der Waals surface area contributed by atoms with Gasteiger partial charge in [-0.1, -0.05) is 67.1 Å². The molecule has 210 valence electrons. The standard InChI is InChI=1S/C32H45N5O2/c1-7-24(3)20-29-31(35-25(4)34-8-2)36(6)18-19-37(32(29)38)22-26-14-16-27(17-15-26)23-39-30(21-33-5)28-12-10-9-11-13-28/h9-17,20,30,33H,7-8,18-19,21-23H2,1-6H3,(H,34,35)/b24-20-. The number of carbonyl (C=O) groups is 1. The number of benzene rings is 2. The zero-order chi connectivity index (χ0) is 28.2. The van der Waals surface area contributed by atoms with Gasteiger partial charge in [0.1, 0.15) is 11.7 Å². The van der Waals surface area contributed by atoms with Gasteiger partial charge in [0.25, 0.3) is 5.91 Å². The number of aliphatic imine (C=N–C) groups is 1. The number of amidine groups is 1. The molecule has 0 aliphatic carbocycles. The minimum Gasteiger partial charge on any atom is -0.374 e. The van der Waals surface area contributed by atoms with Gasteiger partial charge in [-0.15, -0.1) is 0 Å². The van der Waals surface area contributed by atoms with E-state index < -0.39 is 0 Å². The molecular formula is C32H45N5O2. The number of hydrogen-bond acceptors (Lipinski definition) is 5. The quantitative estimate of drug-likeness (QED) is 0.297. The van der Waals surface area contributed by atoms with Crippen molar-refractivity contribution in [1.82, 2.24) is 20.4 Å². The van der Waals surface area contributed by atoms with Crippen LogP contribution < -0.4 is 10.6 Å². The maximum absolute atomic E-state index is 13.8. The summed E-state index contributed by atoms with van der Waals surface area (Å²) in [4.78, 5) is 22.6. The largest absolute Gasteiger partial charge is 0.374 e. The molecule has 1 aliphatic heterocycles. The normalized spacial score (nSPS) is 16.0. The van der Waals surface area contributed by atoms with Crippen LogP contribution in [-0.4, -0.2) is 61.8 Å². The highest BCUT2D eigenvalue weighted by Crippen LogP contribution is 2.23. The van der Waals surface area contributed by atoms with Crippen LogP contribution in [0.2, 0.25) is 0 Å². The molecule has 0 aromatic heterocycles. The summed E-state index contributed by atoms with van der Waals surface area (Å²) >= 11 is 0. The summed E-state index contributed by atoms with van der Waals surface area (Å²) in [6.07, 6.45) is 2.87. The molecule has 0 radical (unpaired) electrons. The lowest BCUT2D eigenvalue weighted by Gasteiger charge is -2.22. The first-order valence-corrected chi connectivity index (χ1v) is 14.0. The van der Waals surface area contributed by atoms with Gasteiger partial charge in [-0.05, 0) is 57.0 Å². The maximum atomic E-state index is 13.8. The van der Waals surface area contributed by atoms with E-state index in [1.165, 1.54) is 0 Å². The monoisotopic (exact) mass is 531 g/mol. The molecule has 1 amide bonds. The molecule has 2 aromatic carbocycles. The predicted octanol–water partition coefficient (Wildman–Crippen LogP) is 5.03. The van der Waals surface area contributed by atoms with Crippen LogP contribution in [0, 0.1) is 0 Å². The Kier molecular flexibility index (Phi) is 11.8. The molecule has 1 aliphatic rings. The zero-order valence-electron chi connectivity index (χ0n) is 24.5. The number of allylic oxidation sites excluding steroid dienone is 1. The molecule has 7 nitrogen and oxygen atoms in total. The molecular weight excluding hydrogens is 486 g/mol. The van der Waals surface area contributed by atoms with E-state index >= 15 is 0 Å². The van der Waals surface area contributed by atoms with Crippen molar-refractivity contribution < 1.29 is 9.53 Å². The summed E-state index contributed by atoms with van der Waals surface area (Å²) < 4.78 is 6.25. The molecule has 1 unspecified atom stereocenters. The molecule has 0 saturated carbocycles. The second kappa shape index (κ2) is 15.2. The SMILES string of the molecule is CCN/C(C)=N/C1=C(/C=C(/C)CC)C(=O)N(Cc2ccc(COC(CNC)c3ccccc3)cc2)CCN1C. The van der Waals surface area contributed by atoms with Crippen LogP contribution >= 0.6 is 0 Å². The summed E-state index contributed by atoms with van der Waals surface area (Å²) in [5.41, 5.74) is 5.16. The molecule has 1 atom stereocenters. The van der Waals surface area contributed by atoms with Crippen LogP contribution in [0.1, 0.15) is 56.9 Å². The molecule has 7 heteroatoms. The fraction of sp³-hybridized carbons (Fsp3) is 0.438. The molecule has 2 aromatic rings. The second-order valence-corrected chi connectivity index (χ2v) is 10.0. The summed E-state index contributed by atoms with van der Waals surface area (Å²) in [5, 5.41) is 6.48. The lowest BCUT2D eigenvalue weighted by Crippen LogP contribution is -2.33. The Morgan fingerprint density at radius 2 is 1.74 bits per heavy atom. The zero-order valence-corrected chi connectivity index (χ0v) is 24.5. The van der Waals surface area contributed by atoms with Crippen LogP contribution in [0.3, 0.4) is 0 Å². The van der Waals surface area contributed by atoms with E-state index in [1.54, 1.807) is 0 Å². The average molecular weight is 532 g/mol. The van der Waals surface area contributed by atoms with Crippen LogP contribution in [-0.2, 0) is 22.7 Å². The lowest BCUT2D eigenvalue weighted by atomic mass is 10.1. The molecule has 2 N–H and O–H groups in total. The van der Waals surface area contributed by atoms with E-state index in [9.17, 15) is 4.79 Å². The van der Waals surface area contributed by atoms with Crippen molar-refractivity contribution in [3.8, 4) is 0 Å². The molecule has 3 rings (SSSR count). The molecule has 0 fully saturated rings. The Hall–Kier alpha value is -3.42. The number of rotatable bonds is 12. The second-order valence-electron chi connectivity index (χ2n) is 10.0. The van der Waals surface area contributed by atoms with Crippen molar-refractivity contribution >= 4 is 11.7 Å². The van der Waals surface area contributed by atoms with Crippen LogP contribution in [0.5, 0.6) is 0 Å². The number of likely N-dealkylation sites (N-methyl/N-ethyl adjacent to an activating group) is 2. The number of ether oxygens (including phenoxy) is 1. The molecule has 0 spiro atoms. The minimum atomic E-state index is -0.0135. The van der Waals surface area contributed by atoms with E-state index in [-0.39, 0.29) is 12.0 Å². The van der Waals surface area contributed by atoms with E-state index in [1.807, 2.05) is 57.1 Å². The lowest BCUT2D eigenvalue weighted by molar-refractivity contribution is -0.127. The highest BCUT2D eigenvalue weighted by atomic mass is 16.5. The fourth-order valence-corrected chi connectivity index (χ4v) is 4.46. The Bertz CT molecular complexity index is 1150. The van der Waals surface area contributed by atoms with E-state index in [2.05, 4.69) is 65.8 Å². The van der Waals surface area contributed by atoms with Gasteiger partial charge in [0, 0.05) is 39.8 Å². The van der Waals surface area contributed by atoms with E-state index in [0.29, 0.717) is 31.8 Å². The molecule has 39 heavy (non-hydrogen) atoms. The first-order valence-electron chi connectivity index (χ1n) is 14.0. The third-order valence-corrected chi connectivity index (χ3v) is 6.89. The maximum Gasteiger partial charge on any atom is 0.257 e. The van der Waals surface area contributed by atoms with Crippen LogP contribution in [0.15, 0.2) is 82.6 Å². The number of nitrogens with one attached hydrogen (secondary N) is 2. The van der Waals surface area contributed by atoms with Crippen molar-refractivity contribution in [1.29, 1.82) is 0 Å². The van der Waals surface area contributed by atoms with Gasteiger partial charge in [0.2, 0.25) is 0 Å². The van der Waals surface area contributed by atoms with Crippen molar-refractivity contribution in [3.05, 3.63) is 94.3 Å². The van der Waals surface area contributed by atoms with E-state index in [0.717, 1.165) is 53.4 Å². The Balaban J connectivity index is 1.75. The topological polar surface area (TPSA) is 69.2 Å². The van der Waals surface area contributed by atoms with Crippen LogP contribution in [0.4, 0.5) is 0 Å². The Morgan fingerprint density at radius 3 is 2.38 bits per heavy atom. The smallest absolute Gasteiger partial charge is 0.257 e. The van der Waals surface area contributed by atoms with Gasteiger partial charge in [-0.2, -0.15) is 0 Å². The van der Waals surface area contributed by atoms with Gasteiger partial charge in [0.05, 0.1) is 18.3 Å². The number of nitrogens with zero attached hydrogens (tertiary/aromatic N) is 3. The fourth-order valence-electron chi connectivity index (χ4n) is 4.46. The highest BCUT2D eigenvalue weighted by Gasteiger charge is 2.27. The predicted molar refractivity (Wildman–Crippen MR) is 160 cm³/mol. The first-order chi connectivity index (χ1) is 18.9. The minimum absolute atomic E-state index is 0.0135. The molecule has 0 saturated heterocycles. The van der Waals surface area contributed by atoms with Crippen molar-refractivity contribution in [3.63, 3.8) is 0 Å². The Morgan fingerprint density at radius 1 is 1.05 bits per heavy atom. The summed E-state index contributed by atoms with van der Waals surface area (Å²) in [6.45, 7) is 12.1. The van der Waals surface area contributed by atoms with E-state index in [4.69, 9.17) is 9.73 Å². The van der Waals surface area contributed by atoms with Crippen molar-refractivity contribution in [2.24, 2.45) is 4.99 Å². The van der Waals surface area contributed by atoms with Crippen molar-refractivity contribution in [2.45, 2.75) is 53.4 Å². The highest BCUT2D eigenvalue weighted by molar-refractivity contribution is 5.98. The van der Waals surface area contributed by atoms with Gasteiger partial charge in [0.15, 0.2) is 0 Å². The Labute approximate surface area is 234 Å². The third kappa shape index (κ3) is 8.80. The molecule has 0 bridgehead atoms.